The van der Waals surface area contributed by atoms with Crippen LogP contribution in [0.25, 0.3) is 0 Å². The molecule has 0 spiro atoms. The molecule has 6 heteroatoms. The van der Waals surface area contributed by atoms with Gasteiger partial charge in [0, 0.05) is 13.1 Å². The van der Waals surface area contributed by atoms with Crippen molar-refractivity contribution in [3.05, 3.63) is 28.8 Å². The van der Waals surface area contributed by atoms with E-state index in [9.17, 15) is 4.79 Å². The SMILES string of the molecule is Cc1ccc(Cl)c(OCC(=O)N2CCOC(CO)C2)c1. The van der Waals surface area contributed by atoms with Crippen LogP contribution in [0.5, 0.6) is 5.75 Å². The van der Waals surface area contributed by atoms with Gasteiger partial charge < -0.3 is 19.5 Å². The Morgan fingerprint density at radius 2 is 2.40 bits per heavy atom. The van der Waals surface area contributed by atoms with E-state index in [1.54, 1.807) is 17.0 Å². The maximum atomic E-state index is 12.0. The number of benzene rings is 1. The first-order chi connectivity index (χ1) is 9.60. The lowest BCUT2D eigenvalue weighted by atomic mass is 10.2. The van der Waals surface area contributed by atoms with Crippen molar-refractivity contribution < 1.29 is 19.4 Å². The second-order valence-corrected chi connectivity index (χ2v) is 5.14. The molecule has 0 bridgehead atoms. The van der Waals surface area contributed by atoms with Crippen molar-refractivity contribution in [2.45, 2.75) is 13.0 Å². The van der Waals surface area contributed by atoms with Gasteiger partial charge in [0.2, 0.25) is 0 Å². The third-order valence-corrected chi connectivity index (χ3v) is 3.45. The van der Waals surface area contributed by atoms with Crippen LogP contribution >= 0.6 is 11.6 Å². The summed E-state index contributed by atoms with van der Waals surface area (Å²) < 4.78 is 10.8. The number of hydrogen-bond donors (Lipinski definition) is 1. The van der Waals surface area contributed by atoms with Gasteiger partial charge in [-0.3, -0.25) is 4.79 Å². The van der Waals surface area contributed by atoms with Crippen molar-refractivity contribution in [1.29, 1.82) is 0 Å². The third kappa shape index (κ3) is 3.85. The molecule has 5 nitrogen and oxygen atoms in total. The maximum absolute atomic E-state index is 12.0. The number of amides is 1. The molecule has 1 aromatic rings. The average molecular weight is 300 g/mol. The number of ether oxygens (including phenoxy) is 2. The maximum Gasteiger partial charge on any atom is 0.260 e. The van der Waals surface area contributed by atoms with Gasteiger partial charge in [0.25, 0.3) is 5.91 Å². The molecule has 0 aromatic heterocycles. The zero-order chi connectivity index (χ0) is 14.5. The van der Waals surface area contributed by atoms with E-state index >= 15 is 0 Å². The molecule has 1 unspecified atom stereocenters. The first kappa shape index (κ1) is 15.1. The molecule has 1 aromatic carbocycles. The van der Waals surface area contributed by atoms with Crippen LogP contribution in [-0.2, 0) is 9.53 Å². The van der Waals surface area contributed by atoms with Gasteiger partial charge in [0.05, 0.1) is 24.3 Å². The van der Waals surface area contributed by atoms with E-state index in [2.05, 4.69) is 0 Å². The second-order valence-electron chi connectivity index (χ2n) is 4.74. The summed E-state index contributed by atoms with van der Waals surface area (Å²) in [5.74, 6) is 0.372. The molecule has 0 aliphatic carbocycles. The quantitative estimate of drug-likeness (QED) is 0.909. The van der Waals surface area contributed by atoms with Crippen LogP contribution in [0.3, 0.4) is 0 Å². The van der Waals surface area contributed by atoms with E-state index in [1.165, 1.54) is 0 Å². The fourth-order valence-corrected chi connectivity index (χ4v) is 2.18. The number of halogens is 1. The zero-order valence-corrected chi connectivity index (χ0v) is 12.1. The lowest BCUT2D eigenvalue weighted by Gasteiger charge is -2.32. The average Bonchev–Trinajstić information content (AvgIpc) is 2.48. The number of hydrogen-bond acceptors (Lipinski definition) is 4. The van der Waals surface area contributed by atoms with Crippen molar-refractivity contribution in [2.24, 2.45) is 0 Å². The molecule has 1 saturated heterocycles. The van der Waals surface area contributed by atoms with Crippen molar-refractivity contribution in [2.75, 3.05) is 32.9 Å². The Morgan fingerprint density at radius 3 is 3.15 bits per heavy atom. The van der Waals surface area contributed by atoms with E-state index in [0.717, 1.165) is 5.56 Å². The van der Waals surface area contributed by atoms with E-state index < -0.39 is 0 Å². The summed E-state index contributed by atoms with van der Waals surface area (Å²) in [6.45, 7) is 3.11. The Hall–Kier alpha value is -1.30. The number of aliphatic hydroxyl groups excluding tert-OH is 1. The van der Waals surface area contributed by atoms with Gasteiger partial charge in [-0.1, -0.05) is 17.7 Å². The number of aryl methyl sites for hydroxylation is 1. The van der Waals surface area contributed by atoms with Crippen LogP contribution in [0.2, 0.25) is 5.02 Å². The molecule has 0 radical (unpaired) electrons. The minimum absolute atomic E-state index is 0.0681. The van der Waals surface area contributed by atoms with Crippen molar-refractivity contribution in [1.82, 2.24) is 4.90 Å². The number of aliphatic hydroxyl groups is 1. The molecule has 1 heterocycles. The fourth-order valence-electron chi connectivity index (χ4n) is 2.01. The summed E-state index contributed by atoms with van der Waals surface area (Å²) in [5, 5.41) is 9.54. The standard InChI is InChI=1S/C14H18ClNO4/c1-10-2-3-12(15)13(6-10)20-9-14(18)16-4-5-19-11(7-16)8-17/h2-3,6,11,17H,4-5,7-9H2,1H3. The van der Waals surface area contributed by atoms with E-state index in [1.807, 2.05) is 13.0 Å². The highest BCUT2D eigenvalue weighted by atomic mass is 35.5. The number of rotatable bonds is 4. The summed E-state index contributed by atoms with van der Waals surface area (Å²) in [7, 11) is 0. The molecule has 0 saturated carbocycles. The molecule has 1 aliphatic rings. The number of carbonyl (C=O) groups is 1. The van der Waals surface area contributed by atoms with Gasteiger partial charge >= 0.3 is 0 Å². The van der Waals surface area contributed by atoms with Gasteiger partial charge in [-0.15, -0.1) is 0 Å². The van der Waals surface area contributed by atoms with Gasteiger partial charge in [0.15, 0.2) is 6.61 Å². The minimum Gasteiger partial charge on any atom is -0.482 e. The Bertz CT molecular complexity index is 480. The Kier molecular flexibility index (Phi) is 5.23. The largest absolute Gasteiger partial charge is 0.482 e. The Labute approximate surface area is 123 Å². The molecule has 110 valence electrons. The second kappa shape index (κ2) is 6.92. The summed E-state index contributed by atoms with van der Waals surface area (Å²) in [6, 6.07) is 5.42. The Balaban J connectivity index is 1.90. The lowest BCUT2D eigenvalue weighted by Crippen LogP contribution is -2.48. The Morgan fingerprint density at radius 1 is 1.60 bits per heavy atom. The van der Waals surface area contributed by atoms with E-state index in [-0.39, 0.29) is 25.2 Å². The summed E-state index contributed by atoms with van der Waals surface area (Å²) in [4.78, 5) is 13.7. The van der Waals surface area contributed by atoms with Gasteiger partial charge in [-0.05, 0) is 24.6 Å². The van der Waals surface area contributed by atoms with E-state index in [0.29, 0.717) is 30.5 Å². The first-order valence-electron chi connectivity index (χ1n) is 6.49. The molecule has 20 heavy (non-hydrogen) atoms. The predicted octanol–water partition coefficient (Wildman–Crippen LogP) is 1.25. The first-order valence-corrected chi connectivity index (χ1v) is 6.87. The molecule has 1 N–H and O–H groups in total. The van der Waals surface area contributed by atoms with Crippen molar-refractivity contribution >= 4 is 17.5 Å². The van der Waals surface area contributed by atoms with Crippen LogP contribution < -0.4 is 4.74 Å². The number of nitrogens with zero attached hydrogens (tertiary/aromatic N) is 1. The molecule has 2 rings (SSSR count). The highest BCUT2D eigenvalue weighted by Gasteiger charge is 2.24. The van der Waals surface area contributed by atoms with Crippen LogP contribution in [0, 0.1) is 6.92 Å². The third-order valence-electron chi connectivity index (χ3n) is 3.13. The van der Waals surface area contributed by atoms with Crippen LogP contribution in [0.1, 0.15) is 5.56 Å². The molecule has 1 atom stereocenters. The summed E-state index contributed by atoms with van der Waals surface area (Å²) in [5.41, 5.74) is 1.02. The monoisotopic (exact) mass is 299 g/mol. The highest BCUT2D eigenvalue weighted by molar-refractivity contribution is 6.32. The van der Waals surface area contributed by atoms with Gasteiger partial charge in [-0.2, -0.15) is 0 Å². The van der Waals surface area contributed by atoms with Gasteiger partial charge in [-0.25, -0.2) is 0 Å². The number of morpholine rings is 1. The minimum atomic E-state index is -0.310. The normalized spacial score (nSPS) is 18.9. The van der Waals surface area contributed by atoms with Crippen LogP contribution in [-0.4, -0.2) is 54.9 Å². The van der Waals surface area contributed by atoms with Gasteiger partial charge in [0.1, 0.15) is 5.75 Å². The molecule has 1 amide bonds. The smallest absolute Gasteiger partial charge is 0.260 e. The molecule has 1 aliphatic heterocycles. The van der Waals surface area contributed by atoms with Crippen LogP contribution in [0.4, 0.5) is 0 Å². The molecular weight excluding hydrogens is 282 g/mol. The van der Waals surface area contributed by atoms with Crippen molar-refractivity contribution in [3.63, 3.8) is 0 Å². The summed E-state index contributed by atoms with van der Waals surface area (Å²) in [6.07, 6.45) is -0.310. The van der Waals surface area contributed by atoms with Crippen LogP contribution in [0.15, 0.2) is 18.2 Å². The predicted molar refractivity (Wildman–Crippen MR) is 75.1 cm³/mol. The fraction of sp³-hybridized carbons (Fsp3) is 0.500. The molecule has 1 fully saturated rings. The summed E-state index contributed by atoms with van der Waals surface area (Å²) >= 11 is 6.01. The topological polar surface area (TPSA) is 59.0 Å². The highest BCUT2D eigenvalue weighted by Crippen LogP contribution is 2.25. The van der Waals surface area contributed by atoms with Crippen molar-refractivity contribution in [3.8, 4) is 5.75 Å². The number of carbonyl (C=O) groups excluding carboxylic acids is 1. The molecular formula is C14H18ClNO4. The van der Waals surface area contributed by atoms with E-state index in [4.69, 9.17) is 26.2 Å². The lowest BCUT2D eigenvalue weighted by molar-refractivity contribution is -0.142. The zero-order valence-electron chi connectivity index (χ0n) is 11.3.